The summed E-state index contributed by atoms with van der Waals surface area (Å²) in [5.74, 6) is -1.59. The maximum Gasteiger partial charge on any atom is 0.293 e. The number of rotatable bonds is 3. The number of nitrogens with zero attached hydrogens (tertiary/aromatic N) is 6. The van der Waals surface area contributed by atoms with Crippen LogP contribution in [0.3, 0.4) is 0 Å². The fourth-order valence-corrected chi connectivity index (χ4v) is 5.44. The van der Waals surface area contributed by atoms with Crippen LogP contribution in [0.15, 0.2) is 43.0 Å². The molecule has 39 heavy (non-hydrogen) atoms. The summed E-state index contributed by atoms with van der Waals surface area (Å²) in [7, 11) is 0. The molecule has 0 unspecified atom stereocenters. The van der Waals surface area contributed by atoms with Crippen molar-refractivity contribution >= 4 is 33.8 Å². The van der Waals surface area contributed by atoms with Crippen molar-refractivity contribution in [2.45, 2.75) is 38.8 Å². The highest BCUT2D eigenvalue weighted by Gasteiger charge is 2.39. The van der Waals surface area contributed by atoms with Crippen molar-refractivity contribution in [3.05, 3.63) is 71.6 Å². The minimum Gasteiger partial charge on any atom is -0.396 e. The van der Waals surface area contributed by atoms with E-state index in [0.717, 1.165) is 24.5 Å². The van der Waals surface area contributed by atoms with Gasteiger partial charge in [-0.15, -0.1) is 0 Å². The summed E-state index contributed by atoms with van der Waals surface area (Å²) in [4.78, 5) is 12.9. The highest BCUT2D eigenvalue weighted by Crippen LogP contribution is 2.43. The topological polar surface area (TPSA) is 112 Å². The van der Waals surface area contributed by atoms with Crippen LogP contribution in [0.5, 0.6) is 0 Å². The second-order valence-corrected chi connectivity index (χ2v) is 9.93. The van der Waals surface area contributed by atoms with E-state index in [1.807, 2.05) is 16.9 Å². The predicted octanol–water partition coefficient (Wildman–Crippen LogP) is 4.97. The van der Waals surface area contributed by atoms with Gasteiger partial charge in [-0.25, -0.2) is 14.4 Å². The van der Waals surface area contributed by atoms with Gasteiger partial charge in [0.2, 0.25) is 0 Å². The van der Waals surface area contributed by atoms with Crippen LogP contribution in [0.2, 0.25) is 0 Å². The summed E-state index contributed by atoms with van der Waals surface area (Å²) in [6.45, 7) is 3.18. The Morgan fingerprint density at radius 1 is 1.08 bits per heavy atom. The number of nitrogens with two attached hydrogens (primary N) is 1. The van der Waals surface area contributed by atoms with E-state index in [0.29, 0.717) is 40.1 Å². The van der Waals surface area contributed by atoms with E-state index in [2.05, 4.69) is 35.3 Å². The lowest BCUT2D eigenvalue weighted by Crippen LogP contribution is -2.28. The van der Waals surface area contributed by atoms with E-state index >= 15 is 4.39 Å². The Hall–Kier alpha value is -4.61. The van der Waals surface area contributed by atoms with Gasteiger partial charge in [-0.05, 0) is 30.0 Å². The highest BCUT2D eigenvalue weighted by atomic mass is 19.3. The number of anilines is 4. The van der Waals surface area contributed by atoms with Gasteiger partial charge in [0.25, 0.3) is 5.92 Å². The summed E-state index contributed by atoms with van der Waals surface area (Å²) >= 11 is 0. The number of nitrogen functional groups attached to an aromatic ring is 1. The van der Waals surface area contributed by atoms with Gasteiger partial charge in [-0.1, -0.05) is 0 Å². The van der Waals surface area contributed by atoms with Gasteiger partial charge in [0.1, 0.15) is 17.3 Å². The lowest BCUT2D eigenvalue weighted by molar-refractivity contribution is -0.0168. The van der Waals surface area contributed by atoms with E-state index in [-0.39, 0.29) is 35.6 Å². The van der Waals surface area contributed by atoms with E-state index in [4.69, 9.17) is 5.73 Å². The molecule has 0 saturated carbocycles. The Morgan fingerprint density at radius 3 is 2.82 bits per heavy atom. The zero-order valence-electron chi connectivity index (χ0n) is 21.0. The minimum absolute atomic E-state index is 0.0684. The van der Waals surface area contributed by atoms with Crippen LogP contribution in [0.4, 0.5) is 36.2 Å². The van der Waals surface area contributed by atoms with E-state index in [1.54, 1.807) is 25.3 Å². The first-order chi connectivity index (χ1) is 18.8. The molecule has 5 aromatic rings. The number of aromatic nitrogens is 6. The lowest BCUT2D eigenvalue weighted by Gasteiger charge is -2.27. The predicted molar refractivity (Wildman–Crippen MR) is 142 cm³/mol. The van der Waals surface area contributed by atoms with Gasteiger partial charge in [0.05, 0.1) is 17.9 Å². The number of hydrogen-bond acceptors (Lipinski definition) is 7. The van der Waals surface area contributed by atoms with Gasteiger partial charge >= 0.3 is 0 Å². The molecule has 6 heterocycles. The van der Waals surface area contributed by atoms with Crippen molar-refractivity contribution in [3.8, 4) is 11.1 Å². The average molecular weight is 532 g/mol. The Bertz CT molecular complexity index is 1770. The maximum absolute atomic E-state index is 15.5. The third-order valence-corrected chi connectivity index (χ3v) is 7.54. The fourth-order valence-electron chi connectivity index (χ4n) is 5.44. The molecule has 7 rings (SSSR count). The molecule has 4 N–H and O–H groups in total. The Labute approximate surface area is 220 Å². The SMILES string of the molecule is Cc1c(-c2cc3cc(Nc4cc5n(n4)Cc4nccn4CC5)ncc3c(N)c2F)cnc2c1NCCC2(F)F. The highest BCUT2D eigenvalue weighted by molar-refractivity contribution is 5.98. The average Bonchev–Trinajstić information content (AvgIpc) is 3.48. The molecule has 0 radical (unpaired) electrons. The van der Waals surface area contributed by atoms with Crippen LogP contribution in [0.1, 0.15) is 29.2 Å². The number of hydrogen-bond donors (Lipinski definition) is 3. The number of fused-ring (bicyclic) bond motifs is 4. The summed E-state index contributed by atoms with van der Waals surface area (Å²) in [5, 5.41) is 12.0. The zero-order valence-corrected chi connectivity index (χ0v) is 21.0. The molecule has 12 heteroatoms. The van der Waals surface area contributed by atoms with Crippen LogP contribution < -0.4 is 16.4 Å². The van der Waals surface area contributed by atoms with Crippen molar-refractivity contribution in [1.29, 1.82) is 0 Å². The molecule has 2 aliphatic heterocycles. The summed E-state index contributed by atoms with van der Waals surface area (Å²) in [6, 6.07) is 5.39. The van der Waals surface area contributed by atoms with Gasteiger partial charge in [0, 0.05) is 79.0 Å². The monoisotopic (exact) mass is 531 g/mol. The van der Waals surface area contributed by atoms with Gasteiger partial charge < -0.3 is 20.9 Å². The molecule has 2 aliphatic rings. The molecule has 0 saturated heterocycles. The quantitative estimate of drug-likeness (QED) is 0.282. The molecule has 1 aromatic carbocycles. The van der Waals surface area contributed by atoms with Gasteiger partial charge in [-0.3, -0.25) is 9.67 Å². The molecule has 0 amide bonds. The van der Waals surface area contributed by atoms with Crippen molar-refractivity contribution in [2.75, 3.05) is 22.9 Å². The zero-order chi connectivity index (χ0) is 26.9. The second-order valence-electron chi connectivity index (χ2n) is 9.93. The standard InChI is InChI=1S/C27H24F3N9/c1-14-18(11-35-26-25(14)33-4-3-27(26,29)30)17-8-15-9-20(34-12-19(15)24(31)23(17)28)36-21-10-16-2-6-38-7-5-32-22(38)13-39(16)37-21/h5,7-12,33H,2-4,6,13,31H2,1H3,(H,34,36,37). The molecule has 0 fully saturated rings. The first-order valence-corrected chi connectivity index (χ1v) is 12.6. The first-order valence-electron chi connectivity index (χ1n) is 12.6. The number of alkyl halides is 2. The molecule has 0 bridgehead atoms. The van der Waals surface area contributed by atoms with Crippen molar-refractivity contribution in [2.24, 2.45) is 0 Å². The van der Waals surface area contributed by atoms with Crippen molar-refractivity contribution in [1.82, 2.24) is 29.3 Å². The third-order valence-electron chi connectivity index (χ3n) is 7.54. The summed E-state index contributed by atoms with van der Waals surface area (Å²) < 4.78 is 48.4. The Kier molecular flexibility index (Phi) is 5.09. The van der Waals surface area contributed by atoms with Crippen LogP contribution in [-0.2, 0) is 25.4 Å². The smallest absolute Gasteiger partial charge is 0.293 e. The van der Waals surface area contributed by atoms with Crippen LogP contribution >= 0.6 is 0 Å². The summed E-state index contributed by atoms with van der Waals surface area (Å²) in [6.07, 6.45) is 7.04. The fraction of sp³-hybridized carbons (Fsp3) is 0.259. The Morgan fingerprint density at radius 2 is 1.95 bits per heavy atom. The van der Waals surface area contributed by atoms with Crippen LogP contribution in [0, 0.1) is 12.7 Å². The number of halogens is 3. The molecule has 9 nitrogen and oxygen atoms in total. The first kappa shape index (κ1) is 23.5. The van der Waals surface area contributed by atoms with Gasteiger partial charge in [-0.2, -0.15) is 13.9 Å². The van der Waals surface area contributed by atoms with Crippen molar-refractivity contribution in [3.63, 3.8) is 0 Å². The number of benzene rings is 1. The lowest BCUT2D eigenvalue weighted by atomic mass is 9.94. The minimum atomic E-state index is -3.04. The van der Waals surface area contributed by atoms with E-state index in [9.17, 15) is 8.78 Å². The maximum atomic E-state index is 15.5. The number of pyridine rings is 2. The summed E-state index contributed by atoms with van der Waals surface area (Å²) in [5.41, 5.74) is 8.18. The van der Waals surface area contributed by atoms with E-state index < -0.39 is 11.7 Å². The van der Waals surface area contributed by atoms with E-state index in [1.165, 1.54) is 12.4 Å². The molecular formula is C27H24F3N9. The number of imidazole rings is 1. The molecule has 4 aromatic heterocycles. The number of nitrogens with one attached hydrogen (secondary N) is 2. The third kappa shape index (κ3) is 3.77. The molecule has 198 valence electrons. The Balaban J connectivity index is 1.25. The normalized spacial score (nSPS) is 15.7. The molecule has 0 atom stereocenters. The van der Waals surface area contributed by atoms with Gasteiger partial charge in [0.15, 0.2) is 11.6 Å². The molecular weight excluding hydrogens is 507 g/mol. The second kappa shape index (κ2) is 8.45. The number of aryl methyl sites for hydroxylation is 2. The largest absolute Gasteiger partial charge is 0.396 e. The molecule has 0 spiro atoms. The van der Waals surface area contributed by atoms with Crippen LogP contribution in [-0.4, -0.2) is 35.8 Å². The van der Waals surface area contributed by atoms with Crippen LogP contribution in [0.25, 0.3) is 21.9 Å². The van der Waals surface area contributed by atoms with Crippen molar-refractivity contribution < 1.29 is 13.2 Å². The molecule has 0 aliphatic carbocycles.